The zero-order valence-electron chi connectivity index (χ0n) is 10.5. The molecule has 96 valence electrons. The predicted octanol–water partition coefficient (Wildman–Crippen LogP) is 3.34. The van der Waals surface area contributed by atoms with Crippen LogP contribution in [0.1, 0.15) is 11.1 Å². The van der Waals surface area contributed by atoms with Gasteiger partial charge in [0.15, 0.2) is 0 Å². The minimum absolute atomic E-state index is 0.0840. The van der Waals surface area contributed by atoms with Gasteiger partial charge in [-0.2, -0.15) is 0 Å². The lowest BCUT2D eigenvalue weighted by atomic mass is 10.2. The number of aromatic nitrogens is 2. The third-order valence-electron chi connectivity index (χ3n) is 3.25. The van der Waals surface area contributed by atoms with E-state index in [2.05, 4.69) is 4.98 Å². The van der Waals surface area contributed by atoms with Gasteiger partial charge in [-0.05, 0) is 36.2 Å². The minimum atomic E-state index is -0.0840. The Morgan fingerprint density at radius 2 is 1.89 bits per heavy atom. The van der Waals surface area contributed by atoms with E-state index in [4.69, 9.17) is 11.6 Å². The monoisotopic (exact) mass is 272 g/mol. The summed E-state index contributed by atoms with van der Waals surface area (Å²) < 4.78 is 1.76. The molecule has 0 aliphatic carbocycles. The van der Waals surface area contributed by atoms with Gasteiger partial charge in [0.25, 0.3) is 0 Å². The SMILES string of the molecule is Cc1cccc2[nH]c(=O)n(Cc3ccc(Cl)cc3)c12. The molecule has 0 unspecified atom stereocenters. The van der Waals surface area contributed by atoms with Gasteiger partial charge in [-0.1, -0.05) is 35.9 Å². The first-order valence-corrected chi connectivity index (χ1v) is 6.45. The number of H-pyrrole nitrogens is 1. The molecule has 0 atom stereocenters. The molecular formula is C15H13ClN2O. The molecule has 0 bridgehead atoms. The number of halogens is 1. The van der Waals surface area contributed by atoms with Crippen molar-refractivity contribution in [3.05, 3.63) is 69.1 Å². The fourth-order valence-electron chi connectivity index (χ4n) is 2.33. The minimum Gasteiger partial charge on any atom is -0.306 e. The highest BCUT2D eigenvalue weighted by Crippen LogP contribution is 2.17. The summed E-state index contributed by atoms with van der Waals surface area (Å²) in [6.07, 6.45) is 0. The van der Waals surface area contributed by atoms with Crippen LogP contribution in [-0.2, 0) is 6.54 Å². The molecule has 4 heteroatoms. The summed E-state index contributed by atoms with van der Waals surface area (Å²) in [5.74, 6) is 0. The molecule has 3 nitrogen and oxygen atoms in total. The molecule has 3 rings (SSSR count). The van der Waals surface area contributed by atoms with E-state index in [9.17, 15) is 4.79 Å². The summed E-state index contributed by atoms with van der Waals surface area (Å²) in [5.41, 5.74) is 3.89. The van der Waals surface area contributed by atoms with Gasteiger partial charge in [0.2, 0.25) is 0 Å². The molecule has 1 N–H and O–H groups in total. The summed E-state index contributed by atoms with van der Waals surface area (Å²) in [7, 11) is 0. The van der Waals surface area contributed by atoms with E-state index in [1.165, 1.54) is 0 Å². The Hall–Kier alpha value is -2.00. The van der Waals surface area contributed by atoms with Gasteiger partial charge in [-0.3, -0.25) is 4.57 Å². The number of imidazole rings is 1. The molecule has 19 heavy (non-hydrogen) atoms. The molecule has 0 saturated carbocycles. The Balaban J connectivity index is 2.12. The van der Waals surface area contributed by atoms with E-state index in [-0.39, 0.29) is 5.69 Å². The Morgan fingerprint density at radius 1 is 1.16 bits per heavy atom. The quantitative estimate of drug-likeness (QED) is 0.763. The van der Waals surface area contributed by atoms with Crippen LogP contribution in [0.25, 0.3) is 11.0 Å². The van der Waals surface area contributed by atoms with Gasteiger partial charge in [0.1, 0.15) is 0 Å². The zero-order valence-corrected chi connectivity index (χ0v) is 11.2. The van der Waals surface area contributed by atoms with E-state index >= 15 is 0 Å². The average molecular weight is 273 g/mol. The van der Waals surface area contributed by atoms with Gasteiger partial charge in [0.05, 0.1) is 17.6 Å². The standard InChI is InChI=1S/C15H13ClN2O/c1-10-3-2-4-13-14(10)18(15(19)17-13)9-11-5-7-12(16)8-6-11/h2-8H,9H2,1H3,(H,17,19). The highest BCUT2D eigenvalue weighted by Gasteiger charge is 2.08. The van der Waals surface area contributed by atoms with Crippen molar-refractivity contribution in [3.8, 4) is 0 Å². The molecule has 0 amide bonds. The van der Waals surface area contributed by atoms with Crippen molar-refractivity contribution in [1.29, 1.82) is 0 Å². The number of hydrogen-bond acceptors (Lipinski definition) is 1. The van der Waals surface area contributed by atoms with E-state index in [0.29, 0.717) is 11.6 Å². The second kappa shape index (κ2) is 4.59. The number of fused-ring (bicyclic) bond motifs is 1. The van der Waals surface area contributed by atoms with Crippen LogP contribution < -0.4 is 5.69 Å². The third kappa shape index (κ3) is 2.17. The topological polar surface area (TPSA) is 37.8 Å². The maximum atomic E-state index is 12.0. The van der Waals surface area contributed by atoms with Crippen molar-refractivity contribution in [2.45, 2.75) is 13.5 Å². The van der Waals surface area contributed by atoms with Crippen LogP contribution in [0.15, 0.2) is 47.3 Å². The molecule has 0 aliphatic heterocycles. The van der Waals surface area contributed by atoms with E-state index < -0.39 is 0 Å². The summed E-state index contributed by atoms with van der Waals surface area (Å²) in [4.78, 5) is 14.9. The third-order valence-corrected chi connectivity index (χ3v) is 3.50. The number of nitrogens with zero attached hydrogens (tertiary/aromatic N) is 1. The fraction of sp³-hybridized carbons (Fsp3) is 0.133. The van der Waals surface area contributed by atoms with Crippen molar-refractivity contribution in [3.63, 3.8) is 0 Å². The van der Waals surface area contributed by atoms with Crippen LogP contribution in [0.5, 0.6) is 0 Å². The van der Waals surface area contributed by atoms with Crippen molar-refractivity contribution in [2.75, 3.05) is 0 Å². The Bertz CT molecular complexity index is 784. The van der Waals surface area contributed by atoms with Crippen molar-refractivity contribution in [1.82, 2.24) is 9.55 Å². The second-order valence-electron chi connectivity index (χ2n) is 4.61. The molecule has 0 spiro atoms. The van der Waals surface area contributed by atoms with Gasteiger partial charge >= 0.3 is 5.69 Å². The number of nitrogens with one attached hydrogen (secondary N) is 1. The van der Waals surface area contributed by atoms with Gasteiger partial charge in [-0.25, -0.2) is 4.79 Å². The summed E-state index contributed by atoms with van der Waals surface area (Å²) in [6, 6.07) is 13.4. The lowest BCUT2D eigenvalue weighted by Gasteiger charge is -2.05. The molecule has 3 aromatic rings. The van der Waals surface area contributed by atoms with Crippen LogP contribution in [0, 0.1) is 6.92 Å². The highest BCUT2D eigenvalue weighted by atomic mass is 35.5. The summed E-state index contributed by atoms with van der Waals surface area (Å²) in [5, 5.41) is 0.700. The smallest absolute Gasteiger partial charge is 0.306 e. The number of benzene rings is 2. The van der Waals surface area contributed by atoms with Crippen LogP contribution >= 0.6 is 11.6 Å². The first-order valence-electron chi connectivity index (χ1n) is 6.08. The van der Waals surface area contributed by atoms with E-state index in [0.717, 1.165) is 22.2 Å². The van der Waals surface area contributed by atoms with Crippen LogP contribution in [0.2, 0.25) is 5.02 Å². The number of aryl methyl sites for hydroxylation is 1. The Kier molecular flexibility index (Phi) is 2.91. The van der Waals surface area contributed by atoms with Crippen LogP contribution in [0.4, 0.5) is 0 Å². The van der Waals surface area contributed by atoms with Crippen molar-refractivity contribution < 1.29 is 0 Å². The lowest BCUT2D eigenvalue weighted by Crippen LogP contribution is -2.17. The summed E-state index contributed by atoms with van der Waals surface area (Å²) in [6.45, 7) is 2.55. The number of rotatable bonds is 2. The number of aromatic amines is 1. The maximum Gasteiger partial charge on any atom is 0.326 e. The molecule has 0 fully saturated rings. The Morgan fingerprint density at radius 3 is 2.63 bits per heavy atom. The second-order valence-corrected chi connectivity index (χ2v) is 5.05. The Labute approximate surface area is 115 Å². The number of para-hydroxylation sites is 1. The van der Waals surface area contributed by atoms with Gasteiger partial charge in [0, 0.05) is 5.02 Å². The first kappa shape index (κ1) is 12.1. The number of hydrogen-bond donors (Lipinski definition) is 1. The van der Waals surface area contributed by atoms with Gasteiger partial charge < -0.3 is 4.98 Å². The fourth-order valence-corrected chi connectivity index (χ4v) is 2.45. The molecule has 1 heterocycles. The van der Waals surface area contributed by atoms with Crippen molar-refractivity contribution in [2.24, 2.45) is 0 Å². The summed E-state index contributed by atoms with van der Waals surface area (Å²) >= 11 is 5.87. The van der Waals surface area contributed by atoms with Crippen molar-refractivity contribution >= 4 is 22.6 Å². The van der Waals surface area contributed by atoms with Crippen LogP contribution in [-0.4, -0.2) is 9.55 Å². The molecule has 0 saturated heterocycles. The van der Waals surface area contributed by atoms with E-state index in [1.54, 1.807) is 4.57 Å². The highest BCUT2D eigenvalue weighted by molar-refractivity contribution is 6.30. The van der Waals surface area contributed by atoms with E-state index in [1.807, 2.05) is 49.4 Å². The normalized spacial score (nSPS) is 11.1. The van der Waals surface area contributed by atoms with Gasteiger partial charge in [-0.15, -0.1) is 0 Å². The maximum absolute atomic E-state index is 12.0. The largest absolute Gasteiger partial charge is 0.326 e. The first-order chi connectivity index (χ1) is 9.15. The zero-order chi connectivity index (χ0) is 13.4. The molecular weight excluding hydrogens is 260 g/mol. The lowest BCUT2D eigenvalue weighted by molar-refractivity contribution is 0.785. The predicted molar refractivity (Wildman–Crippen MR) is 77.8 cm³/mol. The molecule has 0 radical (unpaired) electrons. The van der Waals surface area contributed by atoms with Crippen LogP contribution in [0.3, 0.4) is 0 Å². The average Bonchev–Trinajstić information content (AvgIpc) is 2.70. The molecule has 1 aromatic heterocycles. The molecule has 0 aliphatic rings. The molecule has 2 aromatic carbocycles.